The second-order valence-corrected chi connectivity index (χ2v) is 7.25. The van der Waals surface area contributed by atoms with E-state index in [1.54, 1.807) is 45.0 Å². The third-order valence-electron chi connectivity index (χ3n) is 3.89. The van der Waals surface area contributed by atoms with Gasteiger partial charge in [0.25, 0.3) is 5.09 Å². The molecule has 0 bridgehead atoms. The summed E-state index contributed by atoms with van der Waals surface area (Å²) in [6, 6.07) is 6.08. The maximum Gasteiger partial charge on any atom is 0.411 e. The summed E-state index contributed by atoms with van der Waals surface area (Å²) in [6.07, 6.45) is 0.733. The zero-order valence-corrected chi connectivity index (χ0v) is 15.7. The Bertz CT molecular complexity index is 682. The summed E-state index contributed by atoms with van der Waals surface area (Å²) in [6.45, 7) is 5.69. The van der Waals surface area contributed by atoms with E-state index in [2.05, 4.69) is 4.84 Å². The van der Waals surface area contributed by atoms with Crippen LogP contribution in [0.5, 0.6) is 0 Å². The van der Waals surface area contributed by atoms with Crippen molar-refractivity contribution in [3.8, 4) is 0 Å². The molecule has 1 aromatic carbocycles. The number of ether oxygens (including phenoxy) is 2. The van der Waals surface area contributed by atoms with Crippen LogP contribution in [0.15, 0.2) is 24.3 Å². The predicted octanol–water partition coefficient (Wildman–Crippen LogP) is 2.84. The lowest BCUT2D eigenvalue weighted by molar-refractivity contribution is -0.763. The second kappa shape index (κ2) is 8.70. The fourth-order valence-corrected chi connectivity index (χ4v) is 2.66. The van der Waals surface area contributed by atoms with Gasteiger partial charge >= 0.3 is 12.1 Å². The van der Waals surface area contributed by atoms with Crippen LogP contribution >= 0.6 is 0 Å². The number of carbonyl (C=O) groups excluding carboxylic acids is 2. The second-order valence-electron chi connectivity index (χ2n) is 7.25. The highest BCUT2D eigenvalue weighted by molar-refractivity contribution is 5.82. The Morgan fingerprint density at radius 2 is 1.78 bits per heavy atom. The van der Waals surface area contributed by atoms with Crippen LogP contribution in [-0.4, -0.2) is 40.2 Å². The minimum atomic E-state index is -0.853. The molecule has 0 N–H and O–H groups in total. The van der Waals surface area contributed by atoms with Crippen molar-refractivity contribution in [2.75, 3.05) is 6.54 Å². The van der Waals surface area contributed by atoms with Crippen LogP contribution in [0.3, 0.4) is 0 Å². The molecular weight excluding hydrogens is 356 g/mol. The summed E-state index contributed by atoms with van der Waals surface area (Å²) in [5.41, 5.74) is 0.734. The van der Waals surface area contributed by atoms with E-state index in [0.717, 1.165) is 5.56 Å². The van der Waals surface area contributed by atoms with E-state index in [-0.39, 0.29) is 13.2 Å². The standard InChI is InChI=1S/C18H24N2O7/c1-18(2,3)27-17(22)19-10-4-5-15(19)16(21)25-11-13-6-8-14(9-7-13)12-26-20(23)24/h6-9,15H,4-5,10-12H2,1-3H3. The van der Waals surface area contributed by atoms with Crippen molar-refractivity contribution >= 4 is 12.1 Å². The molecule has 0 aromatic heterocycles. The number of amides is 1. The number of carbonyl (C=O) groups is 2. The lowest BCUT2D eigenvalue weighted by atomic mass is 10.1. The smallest absolute Gasteiger partial charge is 0.411 e. The molecule has 9 nitrogen and oxygen atoms in total. The summed E-state index contributed by atoms with van der Waals surface area (Å²) in [7, 11) is 0. The molecule has 27 heavy (non-hydrogen) atoms. The quantitative estimate of drug-likeness (QED) is 0.424. The van der Waals surface area contributed by atoms with E-state index in [1.807, 2.05) is 0 Å². The van der Waals surface area contributed by atoms with Crippen LogP contribution in [0.25, 0.3) is 0 Å². The normalized spacial score (nSPS) is 16.7. The summed E-state index contributed by atoms with van der Waals surface area (Å²) >= 11 is 0. The van der Waals surface area contributed by atoms with Gasteiger partial charge in [-0.05, 0) is 44.7 Å². The average Bonchev–Trinajstić information content (AvgIpc) is 3.07. The maximum absolute atomic E-state index is 12.4. The number of likely N-dealkylation sites (tertiary alicyclic amines) is 1. The Morgan fingerprint density at radius 1 is 1.19 bits per heavy atom. The molecule has 9 heteroatoms. The Hall–Kier alpha value is -2.84. The number of benzene rings is 1. The van der Waals surface area contributed by atoms with E-state index < -0.39 is 28.8 Å². The van der Waals surface area contributed by atoms with E-state index in [9.17, 15) is 19.7 Å². The fraction of sp³-hybridized carbons (Fsp3) is 0.556. The van der Waals surface area contributed by atoms with Crippen LogP contribution in [0, 0.1) is 10.1 Å². The molecule has 148 valence electrons. The van der Waals surface area contributed by atoms with E-state index >= 15 is 0 Å². The number of nitrogens with zero attached hydrogens (tertiary/aromatic N) is 2. The topological polar surface area (TPSA) is 108 Å². The largest absolute Gasteiger partial charge is 0.459 e. The first kappa shape index (κ1) is 20.5. The first-order valence-electron chi connectivity index (χ1n) is 8.67. The van der Waals surface area contributed by atoms with Crippen molar-refractivity contribution in [1.82, 2.24) is 4.90 Å². The molecule has 1 aromatic rings. The zero-order valence-electron chi connectivity index (χ0n) is 15.7. The number of esters is 1. The first-order valence-corrected chi connectivity index (χ1v) is 8.67. The molecule has 1 atom stereocenters. The molecule has 0 spiro atoms. The first-order chi connectivity index (χ1) is 12.7. The minimum Gasteiger partial charge on any atom is -0.459 e. The average molecular weight is 380 g/mol. The van der Waals surface area contributed by atoms with Crippen LogP contribution in [0.1, 0.15) is 44.7 Å². The summed E-state index contributed by atoms with van der Waals surface area (Å²) < 4.78 is 10.7. The van der Waals surface area contributed by atoms with Crippen molar-refractivity contribution in [2.24, 2.45) is 0 Å². The highest BCUT2D eigenvalue weighted by Gasteiger charge is 2.37. The summed E-state index contributed by atoms with van der Waals surface area (Å²) in [4.78, 5) is 40.5. The molecule has 2 rings (SSSR count). The van der Waals surface area contributed by atoms with Crippen LogP contribution < -0.4 is 0 Å². The van der Waals surface area contributed by atoms with Gasteiger partial charge < -0.3 is 14.3 Å². The Balaban J connectivity index is 1.87. The molecule has 0 saturated carbocycles. The zero-order chi connectivity index (χ0) is 20.0. The van der Waals surface area contributed by atoms with Gasteiger partial charge in [0.1, 0.15) is 24.9 Å². The maximum atomic E-state index is 12.4. The lowest BCUT2D eigenvalue weighted by Crippen LogP contribution is -2.44. The number of hydrogen-bond donors (Lipinski definition) is 0. The SMILES string of the molecule is CC(C)(C)OC(=O)N1CCCC1C(=O)OCc1ccc(CO[N+](=O)[O-])cc1. The number of rotatable bonds is 6. The molecule has 1 amide bonds. The van der Waals surface area contributed by atoms with Gasteiger partial charge in [0.2, 0.25) is 0 Å². The minimum absolute atomic E-state index is 0.0495. The van der Waals surface area contributed by atoms with Crippen LogP contribution in [-0.2, 0) is 32.3 Å². The fourth-order valence-electron chi connectivity index (χ4n) is 2.66. The van der Waals surface area contributed by atoms with Crippen molar-refractivity contribution in [1.29, 1.82) is 0 Å². The van der Waals surface area contributed by atoms with Gasteiger partial charge in [-0.25, -0.2) is 9.59 Å². The van der Waals surface area contributed by atoms with Gasteiger partial charge in [-0.1, -0.05) is 24.3 Å². The predicted molar refractivity (Wildman–Crippen MR) is 94.0 cm³/mol. The highest BCUT2D eigenvalue weighted by Crippen LogP contribution is 2.22. The lowest BCUT2D eigenvalue weighted by Gasteiger charge is -2.27. The van der Waals surface area contributed by atoms with Crippen LogP contribution in [0.2, 0.25) is 0 Å². The van der Waals surface area contributed by atoms with Gasteiger partial charge in [0.05, 0.1) is 0 Å². The molecular formula is C18H24N2O7. The number of hydrogen-bond acceptors (Lipinski definition) is 7. The molecule has 0 radical (unpaired) electrons. The van der Waals surface area contributed by atoms with E-state index in [0.29, 0.717) is 24.9 Å². The Morgan fingerprint density at radius 3 is 2.33 bits per heavy atom. The summed E-state index contributed by atoms with van der Waals surface area (Å²) in [5, 5.41) is 9.33. The van der Waals surface area contributed by atoms with Crippen molar-refractivity contribution in [3.05, 3.63) is 45.5 Å². The summed E-state index contributed by atoms with van der Waals surface area (Å²) in [5.74, 6) is -0.473. The Labute approximate surface area is 157 Å². The molecule has 1 heterocycles. The monoisotopic (exact) mass is 380 g/mol. The molecule has 1 aliphatic rings. The molecule has 1 aliphatic heterocycles. The van der Waals surface area contributed by atoms with Crippen molar-refractivity contribution < 1.29 is 29.0 Å². The van der Waals surface area contributed by atoms with Gasteiger partial charge in [-0.3, -0.25) is 4.90 Å². The van der Waals surface area contributed by atoms with E-state index in [4.69, 9.17) is 9.47 Å². The van der Waals surface area contributed by atoms with Crippen molar-refractivity contribution in [2.45, 2.75) is 58.5 Å². The van der Waals surface area contributed by atoms with Crippen molar-refractivity contribution in [3.63, 3.8) is 0 Å². The molecule has 0 aliphatic carbocycles. The molecule has 1 unspecified atom stereocenters. The third-order valence-corrected chi connectivity index (χ3v) is 3.89. The van der Waals surface area contributed by atoms with Gasteiger partial charge in [0, 0.05) is 6.54 Å². The Kier molecular flexibility index (Phi) is 6.59. The molecule has 1 saturated heterocycles. The van der Waals surface area contributed by atoms with Gasteiger partial charge in [-0.2, -0.15) is 0 Å². The third kappa shape index (κ3) is 6.43. The van der Waals surface area contributed by atoms with Gasteiger partial charge in [0.15, 0.2) is 0 Å². The molecule has 1 fully saturated rings. The highest BCUT2D eigenvalue weighted by atomic mass is 16.9. The van der Waals surface area contributed by atoms with E-state index in [1.165, 1.54) is 4.90 Å². The van der Waals surface area contributed by atoms with Gasteiger partial charge in [-0.15, -0.1) is 10.1 Å². The van der Waals surface area contributed by atoms with Crippen LogP contribution in [0.4, 0.5) is 4.79 Å².